The minimum absolute atomic E-state index is 0.102. The molecule has 2 saturated heterocycles. The van der Waals surface area contributed by atoms with E-state index in [-0.39, 0.29) is 16.5 Å². The second-order valence-corrected chi connectivity index (χ2v) is 7.24. The van der Waals surface area contributed by atoms with Crippen molar-refractivity contribution in [3.05, 3.63) is 39.9 Å². The summed E-state index contributed by atoms with van der Waals surface area (Å²) in [5.41, 5.74) is 1.19. The van der Waals surface area contributed by atoms with Crippen LogP contribution in [0.25, 0.3) is 0 Å². The van der Waals surface area contributed by atoms with Gasteiger partial charge in [0.1, 0.15) is 0 Å². The smallest absolute Gasteiger partial charge is 0.269 e. The number of nitrogens with zero attached hydrogens (tertiary/aromatic N) is 3. The Morgan fingerprint density at radius 3 is 2.36 bits per heavy atom. The summed E-state index contributed by atoms with van der Waals surface area (Å²) in [4.78, 5) is 27.6. The molecule has 0 spiro atoms. The summed E-state index contributed by atoms with van der Waals surface area (Å²) in [6.45, 7) is 4.37. The lowest BCUT2D eigenvalue weighted by Crippen LogP contribution is -2.44. The van der Waals surface area contributed by atoms with Crippen LogP contribution >= 0.6 is 0 Å². The molecule has 6 heteroatoms. The number of hydrogen-bond donors (Lipinski definition) is 0. The zero-order valence-corrected chi connectivity index (χ0v) is 14.7. The lowest BCUT2D eigenvalue weighted by Gasteiger charge is -2.34. The van der Waals surface area contributed by atoms with Gasteiger partial charge in [0, 0.05) is 38.3 Å². The largest absolute Gasteiger partial charge is 0.342 e. The molecule has 2 heterocycles. The number of nitro groups is 1. The van der Waals surface area contributed by atoms with E-state index in [1.165, 1.54) is 12.8 Å². The number of benzene rings is 1. The number of piperidine rings is 1. The molecule has 1 aromatic rings. The van der Waals surface area contributed by atoms with Crippen molar-refractivity contribution in [2.45, 2.75) is 45.1 Å². The Hall–Kier alpha value is -1.95. The van der Waals surface area contributed by atoms with Gasteiger partial charge in [-0.1, -0.05) is 25.0 Å². The highest BCUT2D eigenvalue weighted by Crippen LogP contribution is 2.23. The third-order valence-corrected chi connectivity index (χ3v) is 5.33. The molecule has 1 aromatic carbocycles. The molecule has 1 atom stereocenters. The number of nitro benzene ring substituents is 1. The van der Waals surface area contributed by atoms with Crippen molar-refractivity contribution in [3.63, 3.8) is 0 Å². The van der Waals surface area contributed by atoms with Crippen LogP contribution in [0.4, 0.5) is 5.69 Å². The van der Waals surface area contributed by atoms with Gasteiger partial charge < -0.3 is 4.90 Å². The topological polar surface area (TPSA) is 66.7 Å². The van der Waals surface area contributed by atoms with Gasteiger partial charge >= 0.3 is 0 Å². The zero-order chi connectivity index (χ0) is 17.6. The molecular weight excluding hydrogens is 318 g/mol. The highest BCUT2D eigenvalue weighted by atomic mass is 16.6. The van der Waals surface area contributed by atoms with Crippen LogP contribution in [0.5, 0.6) is 0 Å². The fourth-order valence-corrected chi connectivity index (χ4v) is 3.93. The van der Waals surface area contributed by atoms with Gasteiger partial charge in [-0.05, 0) is 37.8 Å². The number of carbonyl (C=O) groups excluding carboxylic acids is 1. The molecule has 0 unspecified atom stereocenters. The SMILES string of the molecule is O=C([C@H]1CCCN(Cc2ccc([N+](=O)[O-])cc2)C1)N1CCCCCC1. The predicted molar refractivity (Wildman–Crippen MR) is 96.1 cm³/mol. The van der Waals surface area contributed by atoms with Crippen LogP contribution in [0.15, 0.2) is 24.3 Å². The first-order chi connectivity index (χ1) is 12.1. The molecule has 0 aliphatic carbocycles. The standard InChI is InChI=1S/C19H27N3O3/c23-19(21-12-3-1-2-4-13-21)17-6-5-11-20(15-17)14-16-7-9-18(10-8-16)22(24)25/h7-10,17H,1-6,11-15H2/t17-/m0/s1. The first-order valence-corrected chi connectivity index (χ1v) is 9.38. The number of hydrogen-bond acceptors (Lipinski definition) is 4. The second-order valence-electron chi connectivity index (χ2n) is 7.24. The van der Waals surface area contributed by atoms with E-state index in [2.05, 4.69) is 9.80 Å². The second kappa shape index (κ2) is 8.43. The maximum Gasteiger partial charge on any atom is 0.269 e. The quantitative estimate of drug-likeness (QED) is 0.621. The van der Waals surface area contributed by atoms with Crippen molar-refractivity contribution in [1.29, 1.82) is 0 Å². The lowest BCUT2D eigenvalue weighted by molar-refractivity contribution is -0.384. The van der Waals surface area contributed by atoms with Crippen molar-refractivity contribution in [1.82, 2.24) is 9.80 Å². The third kappa shape index (κ3) is 4.78. The zero-order valence-electron chi connectivity index (χ0n) is 14.7. The van der Waals surface area contributed by atoms with Gasteiger partial charge in [-0.15, -0.1) is 0 Å². The van der Waals surface area contributed by atoms with Crippen LogP contribution < -0.4 is 0 Å². The van der Waals surface area contributed by atoms with E-state index in [0.717, 1.165) is 64.0 Å². The molecule has 2 aliphatic heterocycles. The van der Waals surface area contributed by atoms with Crippen LogP contribution in [0.2, 0.25) is 0 Å². The molecule has 136 valence electrons. The van der Waals surface area contributed by atoms with Gasteiger partial charge in [0.05, 0.1) is 10.8 Å². The van der Waals surface area contributed by atoms with Gasteiger partial charge in [-0.25, -0.2) is 0 Å². The molecule has 3 rings (SSSR count). The van der Waals surface area contributed by atoms with Gasteiger partial charge in [-0.3, -0.25) is 19.8 Å². The van der Waals surface area contributed by atoms with E-state index in [0.29, 0.717) is 5.91 Å². The van der Waals surface area contributed by atoms with E-state index >= 15 is 0 Å². The summed E-state index contributed by atoms with van der Waals surface area (Å²) in [6, 6.07) is 6.75. The van der Waals surface area contributed by atoms with Gasteiger partial charge in [-0.2, -0.15) is 0 Å². The van der Waals surface area contributed by atoms with E-state index < -0.39 is 0 Å². The number of rotatable bonds is 4. The lowest BCUT2D eigenvalue weighted by atomic mass is 9.96. The highest BCUT2D eigenvalue weighted by molar-refractivity contribution is 5.79. The number of carbonyl (C=O) groups is 1. The van der Waals surface area contributed by atoms with Gasteiger partial charge in [0.25, 0.3) is 5.69 Å². The molecule has 0 bridgehead atoms. The molecule has 0 radical (unpaired) electrons. The number of likely N-dealkylation sites (tertiary alicyclic amines) is 2. The summed E-state index contributed by atoms with van der Waals surface area (Å²) >= 11 is 0. The van der Waals surface area contributed by atoms with Crippen LogP contribution in [0.1, 0.15) is 44.1 Å². The third-order valence-electron chi connectivity index (χ3n) is 5.33. The molecule has 2 aliphatic rings. The minimum atomic E-state index is -0.374. The Labute approximate surface area is 148 Å². The molecule has 0 aromatic heterocycles. The van der Waals surface area contributed by atoms with Gasteiger partial charge in [0.15, 0.2) is 0 Å². The normalized spacial score (nSPS) is 22.4. The highest BCUT2D eigenvalue weighted by Gasteiger charge is 2.29. The van der Waals surface area contributed by atoms with Gasteiger partial charge in [0.2, 0.25) is 5.91 Å². The Morgan fingerprint density at radius 2 is 1.72 bits per heavy atom. The monoisotopic (exact) mass is 345 g/mol. The molecule has 6 nitrogen and oxygen atoms in total. The van der Waals surface area contributed by atoms with E-state index in [4.69, 9.17) is 0 Å². The average molecular weight is 345 g/mol. The first-order valence-electron chi connectivity index (χ1n) is 9.38. The van der Waals surface area contributed by atoms with Crippen LogP contribution in [0, 0.1) is 16.0 Å². The van der Waals surface area contributed by atoms with E-state index in [9.17, 15) is 14.9 Å². The molecular formula is C19H27N3O3. The fourth-order valence-electron chi connectivity index (χ4n) is 3.93. The predicted octanol–water partition coefficient (Wildman–Crippen LogP) is 3.21. The average Bonchev–Trinajstić information content (AvgIpc) is 2.91. The maximum absolute atomic E-state index is 12.8. The van der Waals surface area contributed by atoms with Crippen molar-refractivity contribution >= 4 is 11.6 Å². The number of amides is 1. The fraction of sp³-hybridized carbons (Fsp3) is 0.632. The Balaban J connectivity index is 1.56. The van der Waals surface area contributed by atoms with Crippen molar-refractivity contribution in [2.24, 2.45) is 5.92 Å². The molecule has 25 heavy (non-hydrogen) atoms. The number of non-ortho nitro benzene ring substituents is 1. The molecule has 1 amide bonds. The van der Waals surface area contributed by atoms with E-state index in [1.54, 1.807) is 12.1 Å². The molecule has 0 N–H and O–H groups in total. The Morgan fingerprint density at radius 1 is 1.04 bits per heavy atom. The van der Waals surface area contributed by atoms with Crippen LogP contribution in [-0.4, -0.2) is 46.8 Å². The van der Waals surface area contributed by atoms with Crippen LogP contribution in [-0.2, 0) is 11.3 Å². The summed E-state index contributed by atoms with van der Waals surface area (Å²) in [5, 5.41) is 10.7. The Kier molecular flexibility index (Phi) is 6.02. The summed E-state index contributed by atoms with van der Waals surface area (Å²) in [5.74, 6) is 0.431. The van der Waals surface area contributed by atoms with Crippen molar-refractivity contribution < 1.29 is 9.72 Å². The summed E-state index contributed by atoms with van der Waals surface area (Å²) < 4.78 is 0. The first kappa shape index (κ1) is 17.9. The molecule has 2 fully saturated rings. The molecule has 0 saturated carbocycles. The van der Waals surface area contributed by atoms with Crippen molar-refractivity contribution in [3.8, 4) is 0 Å². The Bertz CT molecular complexity index is 594. The minimum Gasteiger partial charge on any atom is -0.342 e. The maximum atomic E-state index is 12.8. The van der Waals surface area contributed by atoms with Crippen molar-refractivity contribution in [2.75, 3.05) is 26.2 Å². The summed E-state index contributed by atoms with van der Waals surface area (Å²) in [6.07, 6.45) is 6.75. The van der Waals surface area contributed by atoms with Crippen LogP contribution in [0.3, 0.4) is 0 Å². The summed E-state index contributed by atoms with van der Waals surface area (Å²) in [7, 11) is 0. The van der Waals surface area contributed by atoms with E-state index in [1.807, 2.05) is 12.1 Å².